The fraction of sp³-hybridized carbons (Fsp3) is 0.500. The van der Waals surface area contributed by atoms with Crippen LogP contribution in [0.3, 0.4) is 0 Å². The van der Waals surface area contributed by atoms with E-state index >= 15 is 0 Å². The number of ether oxygens (including phenoxy) is 2. The minimum Gasteiger partial charge on any atom is -0.497 e. The van der Waals surface area contributed by atoms with E-state index in [-0.39, 0.29) is 6.42 Å². The number of carbonyl (C=O) groups is 2. The summed E-state index contributed by atoms with van der Waals surface area (Å²) < 4.78 is 10.5. The van der Waals surface area contributed by atoms with Crippen molar-refractivity contribution in [2.24, 2.45) is 0 Å². The molecule has 6 heteroatoms. The summed E-state index contributed by atoms with van der Waals surface area (Å²) in [6.07, 6.45) is 1.54. The Balaban J connectivity index is 1.84. The highest BCUT2D eigenvalue weighted by atomic mass is 16.5. The van der Waals surface area contributed by atoms with Crippen LogP contribution in [0.1, 0.15) is 24.0 Å². The molecule has 3 rings (SSSR count). The predicted octanol–water partition coefficient (Wildman–Crippen LogP) is 1.21. The first kappa shape index (κ1) is 14.8. The van der Waals surface area contributed by atoms with E-state index in [4.69, 9.17) is 9.47 Å². The van der Waals surface area contributed by atoms with Crippen molar-refractivity contribution >= 4 is 11.9 Å². The maximum absolute atomic E-state index is 12.7. The molecule has 1 saturated heterocycles. The molecule has 0 spiro atoms. The number of rotatable bonds is 3. The number of carboxylic acid groups (broad SMARTS) is 1. The molecular formula is C16H19NO5. The molecule has 0 aromatic heterocycles. The molecule has 1 unspecified atom stereocenters. The summed E-state index contributed by atoms with van der Waals surface area (Å²) in [7, 11) is 1.60. The van der Waals surface area contributed by atoms with Gasteiger partial charge in [-0.25, -0.2) is 4.79 Å². The Kier molecular flexibility index (Phi) is 3.78. The summed E-state index contributed by atoms with van der Waals surface area (Å²) in [5, 5.41) is 9.45. The van der Waals surface area contributed by atoms with E-state index in [0.29, 0.717) is 32.5 Å². The number of methoxy groups -OCH3 is 1. The molecule has 2 heterocycles. The van der Waals surface area contributed by atoms with Gasteiger partial charge in [0.25, 0.3) is 5.91 Å². The fourth-order valence-electron chi connectivity index (χ4n) is 3.16. The van der Waals surface area contributed by atoms with Crippen LogP contribution in [0.5, 0.6) is 5.75 Å². The summed E-state index contributed by atoms with van der Waals surface area (Å²) in [5.74, 6) is -0.893. The molecule has 0 saturated carbocycles. The second-order valence-corrected chi connectivity index (χ2v) is 5.70. The third kappa shape index (κ3) is 2.33. The molecule has 22 heavy (non-hydrogen) atoms. The lowest BCUT2D eigenvalue weighted by atomic mass is 9.94. The smallest absolute Gasteiger partial charge is 0.345 e. The number of hydrogen-bond acceptors (Lipinski definition) is 4. The molecule has 1 fully saturated rings. The highest BCUT2D eigenvalue weighted by Crippen LogP contribution is 2.31. The second-order valence-electron chi connectivity index (χ2n) is 5.70. The fourth-order valence-corrected chi connectivity index (χ4v) is 3.16. The molecule has 1 aromatic rings. The molecule has 0 aliphatic carbocycles. The van der Waals surface area contributed by atoms with Crippen LogP contribution in [0.15, 0.2) is 18.2 Å². The average Bonchev–Trinajstić information content (AvgIpc) is 3.04. The standard InChI is InChI=1S/C16H19NO5/c1-21-13-4-3-11-5-7-17(10-12(11)9-13)14(18)16(15(19)20)6-2-8-22-16/h3-4,9H,2,5-8,10H2,1H3,(H,19,20). The molecule has 2 aliphatic heterocycles. The lowest BCUT2D eigenvalue weighted by Crippen LogP contribution is -2.54. The summed E-state index contributed by atoms with van der Waals surface area (Å²) in [4.78, 5) is 25.9. The first-order valence-electron chi connectivity index (χ1n) is 7.39. The predicted molar refractivity (Wildman–Crippen MR) is 77.7 cm³/mol. The van der Waals surface area contributed by atoms with Crippen LogP contribution in [-0.4, -0.2) is 47.7 Å². The van der Waals surface area contributed by atoms with Crippen LogP contribution in [0, 0.1) is 0 Å². The van der Waals surface area contributed by atoms with Crippen LogP contribution >= 0.6 is 0 Å². The summed E-state index contributed by atoms with van der Waals surface area (Å²) in [6.45, 7) is 1.22. The van der Waals surface area contributed by atoms with E-state index in [1.807, 2.05) is 18.2 Å². The maximum Gasteiger partial charge on any atom is 0.345 e. The lowest BCUT2D eigenvalue weighted by molar-refractivity contribution is -0.173. The highest BCUT2D eigenvalue weighted by molar-refractivity contribution is 6.05. The van der Waals surface area contributed by atoms with E-state index in [0.717, 1.165) is 11.3 Å². The third-order valence-corrected chi connectivity index (χ3v) is 4.43. The second kappa shape index (κ2) is 5.61. The number of benzene rings is 1. The van der Waals surface area contributed by atoms with Gasteiger partial charge in [-0.1, -0.05) is 6.07 Å². The molecule has 2 aliphatic rings. The highest BCUT2D eigenvalue weighted by Gasteiger charge is 2.52. The zero-order chi connectivity index (χ0) is 15.7. The molecule has 1 amide bonds. The summed E-state index contributed by atoms with van der Waals surface area (Å²) in [6, 6.07) is 5.79. The quantitative estimate of drug-likeness (QED) is 0.850. The average molecular weight is 305 g/mol. The van der Waals surface area contributed by atoms with Gasteiger partial charge < -0.3 is 19.5 Å². The molecular weight excluding hydrogens is 286 g/mol. The maximum atomic E-state index is 12.7. The first-order chi connectivity index (χ1) is 10.6. The minimum atomic E-state index is -1.70. The van der Waals surface area contributed by atoms with E-state index < -0.39 is 17.5 Å². The topological polar surface area (TPSA) is 76.1 Å². The SMILES string of the molecule is COc1ccc2c(c1)CN(C(=O)C1(C(=O)O)CCCO1)CC2. The Morgan fingerprint density at radius 3 is 2.82 bits per heavy atom. The molecule has 1 N–H and O–H groups in total. The normalized spacial score (nSPS) is 24.0. The van der Waals surface area contributed by atoms with Crippen molar-refractivity contribution in [2.45, 2.75) is 31.4 Å². The van der Waals surface area contributed by atoms with Crippen LogP contribution < -0.4 is 4.74 Å². The Morgan fingerprint density at radius 2 is 2.18 bits per heavy atom. The van der Waals surface area contributed by atoms with Crippen molar-refractivity contribution in [3.8, 4) is 5.75 Å². The summed E-state index contributed by atoms with van der Waals surface area (Å²) >= 11 is 0. The van der Waals surface area contributed by atoms with Crippen molar-refractivity contribution < 1.29 is 24.2 Å². The van der Waals surface area contributed by atoms with Crippen molar-refractivity contribution in [1.82, 2.24) is 4.90 Å². The van der Waals surface area contributed by atoms with Gasteiger partial charge in [0.1, 0.15) is 5.75 Å². The third-order valence-electron chi connectivity index (χ3n) is 4.43. The number of carbonyl (C=O) groups excluding carboxylic acids is 1. The number of carboxylic acids is 1. The van der Waals surface area contributed by atoms with Crippen molar-refractivity contribution in [1.29, 1.82) is 0 Å². The largest absolute Gasteiger partial charge is 0.497 e. The van der Waals surface area contributed by atoms with E-state index in [2.05, 4.69) is 0 Å². The molecule has 1 atom stereocenters. The number of hydrogen-bond donors (Lipinski definition) is 1. The van der Waals surface area contributed by atoms with E-state index in [1.54, 1.807) is 12.0 Å². The Labute approximate surface area is 128 Å². The van der Waals surface area contributed by atoms with Gasteiger partial charge in [-0.2, -0.15) is 0 Å². The number of aliphatic carboxylic acids is 1. The van der Waals surface area contributed by atoms with Crippen LogP contribution in [-0.2, 0) is 27.3 Å². The zero-order valence-electron chi connectivity index (χ0n) is 12.5. The lowest BCUT2D eigenvalue weighted by Gasteiger charge is -2.34. The van der Waals surface area contributed by atoms with Gasteiger partial charge in [0.2, 0.25) is 5.60 Å². The van der Waals surface area contributed by atoms with Crippen molar-refractivity contribution in [3.05, 3.63) is 29.3 Å². The van der Waals surface area contributed by atoms with Crippen molar-refractivity contribution in [3.63, 3.8) is 0 Å². The van der Waals surface area contributed by atoms with Gasteiger partial charge in [0.15, 0.2) is 0 Å². The first-order valence-corrected chi connectivity index (χ1v) is 7.39. The Bertz CT molecular complexity index is 607. The monoisotopic (exact) mass is 305 g/mol. The molecule has 118 valence electrons. The zero-order valence-corrected chi connectivity index (χ0v) is 12.5. The molecule has 0 bridgehead atoms. The molecule has 1 aromatic carbocycles. The Hall–Kier alpha value is -2.08. The number of amides is 1. The van der Waals surface area contributed by atoms with Gasteiger partial charge in [-0.3, -0.25) is 4.79 Å². The van der Waals surface area contributed by atoms with Crippen LogP contribution in [0.4, 0.5) is 0 Å². The van der Waals surface area contributed by atoms with Gasteiger partial charge in [0.05, 0.1) is 7.11 Å². The van der Waals surface area contributed by atoms with E-state index in [9.17, 15) is 14.7 Å². The minimum absolute atomic E-state index is 0.239. The summed E-state index contributed by atoms with van der Waals surface area (Å²) in [5.41, 5.74) is 0.468. The van der Waals surface area contributed by atoms with Crippen LogP contribution in [0.25, 0.3) is 0 Å². The van der Waals surface area contributed by atoms with Gasteiger partial charge in [-0.15, -0.1) is 0 Å². The van der Waals surface area contributed by atoms with E-state index in [1.165, 1.54) is 5.56 Å². The van der Waals surface area contributed by atoms with Gasteiger partial charge in [0, 0.05) is 19.7 Å². The molecule has 6 nitrogen and oxygen atoms in total. The van der Waals surface area contributed by atoms with Gasteiger partial charge in [-0.05, 0) is 42.5 Å². The van der Waals surface area contributed by atoms with Crippen molar-refractivity contribution in [2.75, 3.05) is 20.3 Å². The Morgan fingerprint density at radius 1 is 1.36 bits per heavy atom. The molecule has 0 radical (unpaired) electrons. The van der Waals surface area contributed by atoms with Gasteiger partial charge >= 0.3 is 5.97 Å². The van der Waals surface area contributed by atoms with Crippen LogP contribution in [0.2, 0.25) is 0 Å². The number of nitrogens with zero attached hydrogens (tertiary/aromatic N) is 1. The number of fused-ring (bicyclic) bond motifs is 1.